The molecule has 1 fully saturated rings. The van der Waals surface area contributed by atoms with Gasteiger partial charge in [0, 0.05) is 24.7 Å². The molecule has 4 heterocycles. The number of morpholine rings is 1. The molecule has 4 aromatic rings. The molecule has 180 valence electrons. The molecule has 0 atom stereocenters. The van der Waals surface area contributed by atoms with Crippen molar-refractivity contribution in [1.29, 1.82) is 0 Å². The zero-order valence-corrected chi connectivity index (χ0v) is 18.5. The van der Waals surface area contributed by atoms with E-state index in [-0.39, 0.29) is 36.5 Å². The number of hydrogen-bond donors (Lipinski definition) is 1. The van der Waals surface area contributed by atoms with Crippen molar-refractivity contribution in [2.45, 2.75) is 6.54 Å². The molecule has 1 N–H and O–H groups in total. The number of carbonyl (C=O) groups excluding carboxylic acids is 1. The van der Waals surface area contributed by atoms with Crippen molar-refractivity contribution in [2.75, 3.05) is 38.2 Å². The summed E-state index contributed by atoms with van der Waals surface area (Å²) in [5.74, 6) is -1.25. The summed E-state index contributed by atoms with van der Waals surface area (Å²) in [6.07, 6.45) is 2.42. The predicted octanol–water partition coefficient (Wildman–Crippen LogP) is 2.59. The van der Waals surface area contributed by atoms with Crippen molar-refractivity contribution in [3.05, 3.63) is 66.1 Å². The number of rotatable bonds is 7. The number of carbonyl (C=O) groups is 1. The lowest BCUT2D eigenvalue weighted by molar-refractivity contribution is -0.133. The number of nitrogens with one attached hydrogen (secondary N) is 1. The van der Waals surface area contributed by atoms with Crippen LogP contribution in [-0.2, 0) is 16.1 Å². The minimum Gasteiger partial charge on any atom is -0.378 e. The largest absolute Gasteiger partial charge is 0.378 e. The molecule has 1 aromatic carbocycles. The number of anilines is 1. The molecule has 3 aromatic heterocycles. The Hall–Kier alpha value is -4.19. The van der Waals surface area contributed by atoms with Gasteiger partial charge in [-0.25, -0.2) is 18.7 Å². The van der Waals surface area contributed by atoms with Crippen LogP contribution in [0, 0.1) is 11.6 Å². The van der Waals surface area contributed by atoms with Gasteiger partial charge in [-0.3, -0.25) is 9.48 Å². The van der Waals surface area contributed by atoms with Gasteiger partial charge in [-0.05, 0) is 12.1 Å². The molecular weight excluding hydrogens is 460 g/mol. The minimum absolute atomic E-state index is 0.120. The molecule has 12 heteroatoms. The van der Waals surface area contributed by atoms with E-state index in [0.717, 1.165) is 6.20 Å². The molecule has 0 saturated carbocycles. The molecule has 1 amide bonds. The van der Waals surface area contributed by atoms with E-state index in [2.05, 4.69) is 25.5 Å². The van der Waals surface area contributed by atoms with Crippen molar-refractivity contribution in [2.24, 2.45) is 0 Å². The van der Waals surface area contributed by atoms with Gasteiger partial charge >= 0.3 is 0 Å². The van der Waals surface area contributed by atoms with Crippen LogP contribution in [0.4, 0.5) is 14.6 Å². The van der Waals surface area contributed by atoms with Crippen LogP contribution in [-0.4, -0.2) is 68.6 Å². The van der Waals surface area contributed by atoms with Crippen molar-refractivity contribution in [3.8, 4) is 22.9 Å². The quantitative estimate of drug-likeness (QED) is 0.429. The standard InChI is InChI=1S/C23H21F2N7O3/c24-16-4-2-1-3-15(16)14-32-20(18-5-8-35-30-18)11-19(29-32)23-26-12-17(25)22(28-23)27-13-21(33)31-6-9-34-10-7-31/h1-5,8,11-12H,6-7,9-10,13-14H2,(H,26,27,28). The summed E-state index contributed by atoms with van der Waals surface area (Å²) in [6.45, 7) is 1.92. The van der Waals surface area contributed by atoms with Crippen molar-refractivity contribution >= 4 is 11.7 Å². The van der Waals surface area contributed by atoms with Crippen molar-refractivity contribution in [1.82, 2.24) is 29.8 Å². The molecule has 0 radical (unpaired) electrons. The molecule has 1 aliphatic rings. The predicted molar refractivity (Wildman–Crippen MR) is 120 cm³/mol. The first-order chi connectivity index (χ1) is 17.1. The first-order valence-electron chi connectivity index (χ1n) is 10.9. The highest BCUT2D eigenvalue weighted by molar-refractivity contribution is 5.80. The van der Waals surface area contributed by atoms with Crippen LogP contribution in [0.2, 0.25) is 0 Å². The Morgan fingerprint density at radius 1 is 1.09 bits per heavy atom. The first-order valence-corrected chi connectivity index (χ1v) is 10.9. The summed E-state index contributed by atoms with van der Waals surface area (Å²) in [5, 5.41) is 11.2. The highest BCUT2D eigenvalue weighted by atomic mass is 19.1. The van der Waals surface area contributed by atoms with Gasteiger partial charge in [-0.1, -0.05) is 23.4 Å². The van der Waals surface area contributed by atoms with E-state index in [9.17, 15) is 13.6 Å². The third-order valence-electron chi connectivity index (χ3n) is 5.50. The molecule has 0 unspecified atom stereocenters. The van der Waals surface area contributed by atoms with Gasteiger partial charge in [-0.2, -0.15) is 5.10 Å². The van der Waals surface area contributed by atoms with Gasteiger partial charge in [0.1, 0.15) is 23.5 Å². The highest BCUT2D eigenvalue weighted by Crippen LogP contribution is 2.26. The maximum atomic E-state index is 14.4. The van der Waals surface area contributed by atoms with Gasteiger partial charge < -0.3 is 19.5 Å². The van der Waals surface area contributed by atoms with Crippen LogP contribution < -0.4 is 5.32 Å². The highest BCUT2D eigenvalue weighted by Gasteiger charge is 2.20. The molecule has 35 heavy (non-hydrogen) atoms. The van der Waals surface area contributed by atoms with Crippen LogP contribution in [0.1, 0.15) is 5.56 Å². The SMILES string of the molecule is O=C(CNc1nc(-c2cc(-c3ccon3)n(Cc3ccccc3F)n2)ncc1F)N1CCOCC1. The third-order valence-corrected chi connectivity index (χ3v) is 5.50. The average Bonchev–Trinajstić information content (AvgIpc) is 3.55. The summed E-state index contributed by atoms with van der Waals surface area (Å²) in [4.78, 5) is 22.3. The lowest BCUT2D eigenvalue weighted by Gasteiger charge is -2.26. The van der Waals surface area contributed by atoms with Gasteiger partial charge in [0.2, 0.25) is 5.91 Å². The third kappa shape index (κ3) is 5.01. The Morgan fingerprint density at radius 3 is 2.69 bits per heavy atom. The van der Waals surface area contributed by atoms with Gasteiger partial charge in [0.05, 0.1) is 38.2 Å². The topological polar surface area (TPSA) is 111 Å². The summed E-state index contributed by atoms with van der Waals surface area (Å²) in [5.41, 5.74) is 1.77. The number of hydrogen-bond acceptors (Lipinski definition) is 8. The summed E-state index contributed by atoms with van der Waals surface area (Å²) < 4.78 is 40.4. The molecule has 0 aliphatic carbocycles. The molecule has 5 rings (SSSR count). The van der Waals surface area contributed by atoms with Gasteiger partial charge in [-0.15, -0.1) is 0 Å². The summed E-state index contributed by atoms with van der Waals surface area (Å²) in [7, 11) is 0. The number of ether oxygens (including phenoxy) is 1. The van der Waals surface area contributed by atoms with E-state index < -0.39 is 5.82 Å². The van der Waals surface area contributed by atoms with Crippen molar-refractivity contribution < 1.29 is 22.8 Å². The number of amides is 1. The van der Waals surface area contributed by atoms with Crippen LogP contribution in [0.25, 0.3) is 22.9 Å². The summed E-state index contributed by atoms with van der Waals surface area (Å²) in [6, 6.07) is 9.68. The number of halogens is 2. The zero-order valence-electron chi connectivity index (χ0n) is 18.5. The van der Waals surface area contributed by atoms with E-state index in [4.69, 9.17) is 9.26 Å². The maximum absolute atomic E-state index is 14.4. The van der Waals surface area contributed by atoms with Crippen LogP contribution >= 0.6 is 0 Å². The Bertz CT molecular complexity index is 1320. The maximum Gasteiger partial charge on any atom is 0.242 e. The molecule has 0 spiro atoms. The van der Waals surface area contributed by atoms with E-state index in [1.807, 2.05) is 0 Å². The van der Waals surface area contributed by atoms with E-state index in [1.165, 1.54) is 12.3 Å². The normalized spacial score (nSPS) is 13.7. The number of nitrogens with zero attached hydrogens (tertiary/aromatic N) is 6. The molecule has 1 saturated heterocycles. The second-order valence-electron chi connectivity index (χ2n) is 7.79. The Balaban J connectivity index is 1.41. The van der Waals surface area contributed by atoms with Gasteiger partial charge in [0.25, 0.3) is 0 Å². The number of aromatic nitrogens is 5. The van der Waals surface area contributed by atoms with Crippen LogP contribution in [0.3, 0.4) is 0 Å². The first kappa shape index (κ1) is 22.6. The lowest BCUT2D eigenvalue weighted by Crippen LogP contribution is -2.43. The molecular formula is C23H21F2N7O3. The lowest BCUT2D eigenvalue weighted by atomic mass is 10.2. The second kappa shape index (κ2) is 9.97. The molecule has 1 aliphatic heterocycles. The Labute approximate surface area is 198 Å². The van der Waals surface area contributed by atoms with E-state index >= 15 is 0 Å². The minimum atomic E-state index is -0.703. The smallest absolute Gasteiger partial charge is 0.242 e. The fraction of sp³-hybridized carbons (Fsp3) is 0.261. The molecule has 0 bridgehead atoms. The second-order valence-corrected chi connectivity index (χ2v) is 7.79. The van der Waals surface area contributed by atoms with Crippen LogP contribution in [0.5, 0.6) is 0 Å². The summed E-state index contributed by atoms with van der Waals surface area (Å²) >= 11 is 0. The fourth-order valence-electron chi connectivity index (χ4n) is 3.68. The average molecular weight is 481 g/mol. The fourth-order valence-corrected chi connectivity index (χ4v) is 3.68. The monoisotopic (exact) mass is 481 g/mol. The van der Waals surface area contributed by atoms with E-state index in [1.54, 1.807) is 39.9 Å². The van der Waals surface area contributed by atoms with Crippen LogP contribution in [0.15, 0.2) is 53.4 Å². The Kier molecular flexibility index (Phi) is 6.44. The Morgan fingerprint density at radius 2 is 1.91 bits per heavy atom. The number of benzene rings is 1. The van der Waals surface area contributed by atoms with E-state index in [0.29, 0.717) is 48.9 Å². The van der Waals surface area contributed by atoms with Gasteiger partial charge in [0.15, 0.2) is 17.5 Å². The zero-order chi connectivity index (χ0) is 24.2. The molecule has 10 nitrogen and oxygen atoms in total. The van der Waals surface area contributed by atoms with Crippen molar-refractivity contribution in [3.63, 3.8) is 0 Å².